The Bertz CT molecular complexity index is 1490. The molecule has 1 aromatic heterocycles. The van der Waals surface area contributed by atoms with Crippen molar-refractivity contribution in [2.75, 3.05) is 11.9 Å². The molecule has 1 aliphatic carbocycles. The predicted molar refractivity (Wildman–Crippen MR) is 164 cm³/mol. The van der Waals surface area contributed by atoms with Crippen molar-refractivity contribution in [2.45, 2.75) is 59.0 Å². The lowest BCUT2D eigenvalue weighted by Crippen LogP contribution is -2.34. The van der Waals surface area contributed by atoms with Crippen LogP contribution in [0.2, 0.25) is 0 Å². The molecular weight excluding hydrogens is 533 g/mol. The van der Waals surface area contributed by atoms with Crippen molar-refractivity contribution in [3.05, 3.63) is 89.9 Å². The van der Waals surface area contributed by atoms with E-state index in [1.54, 1.807) is 24.3 Å². The van der Waals surface area contributed by atoms with E-state index in [0.717, 1.165) is 12.0 Å². The van der Waals surface area contributed by atoms with E-state index in [9.17, 15) is 18.8 Å². The van der Waals surface area contributed by atoms with Crippen molar-refractivity contribution >= 4 is 24.0 Å². The minimum atomic E-state index is -0.603. The maximum atomic E-state index is 14.2. The zero-order valence-electron chi connectivity index (χ0n) is 24.5. The van der Waals surface area contributed by atoms with Crippen LogP contribution in [0, 0.1) is 11.7 Å². The molecule has 0 radical (unpaired) electrons. The molecule has 2 aromatic carbocycles. The minimum Gasteiger partial charge on any atom is -0.449 e. The van der Waals surface area contributed by atoms with Crippen molar-refractivity contribution in [3.8, 4) is 22.4 Å². The molecule has 0 bridgehead atoms. The highest BCUT2D eigenvalue weighted by molar-refractivity contribution is 6.09. The Morgan fingerprint density at radius 2 is 1.81 bits per heavy atom. The second-order valence-electron chi connectivity index (χ2n) is 11.0. The van der Waals surface area contributed by atoms with Gasteiger partial charge < -0.3 is 19.4 Å². The Morgan fingerprint density at radius 1 is 1.07 bits per heavy atom. The monoisotopic (exact) mass is 571 g/mol. The van der Waals surface area contributed by atoms with Gasteiger partial charge in [-0.1, -0.05) is 70.2 Å². The molecule has 220 valence electrons. The van der Waals surface area contributed by atoms with Crippen LogP contribution < -0.4 is 10.6 Å². The number of halogens is 1. The second kappa shape index (κ2) is 13.9. The van der Waals surface area contributed by atoms with Crippen molar-refractivity contribution < 1.29 is 23.5 Å². The summed E-state index contributed by atoms with van der Waals surface area (Å²) in [6, 6.07) is 13.1. The van der Waals surface area contributed by atoms with E-state index in [-0.39, 0.29) is 42.6 Å². The number of aldehydes is 1. The molecule has 7 nitrogen and oxygen atoms in total. The van der Waals surface area contributed by atoms with Crippen molar-refractivity contribution in [1.82, 2.24) is 9.88 Å². The van der Waals surface area contributed by atoms with E-state index in [2.05, 4.69) is 10.6 Å². The molecule has 3 aromatic rings. The number of amides is 2. The summed E-state index contributed by atoms with van der Waals surface area (Å²) in [6.45, 7) is 8.48. The normalized spacial score (nSPS) is 14.3. The summed E-state index contributed by atoms with van der Waals surface area (Å²) in [5.41, 5.74) is 4.19. The van der Waals surface area contributed by atoms with Crippen LogP contribution in [0.5, 0.6) is 0 Å². The predicted octanol–water partition coefficient (Wildman–Crippen LogP) is 7.49. The minimum absolute atomic E-state index is 0.108. The number of carbonyl (C=O) groups is 3. The van der Waals surface area contributed by atoms with Gasteiger partial charge in [-0.25, -0.2) is 9.18 Å². The fraction of sp³-hybridized carbons (Fsp3) is 0.324. The molecule has 1 heterocycles. The fourth-order valence-electron chi connectivity index (χ4n) is 5.18. The van der Waals surface area contributed by atoms with Gasteiger partial charge in [-0.15, -0.1) is 0 Å². The van der Waals surface area contributed by atoms with Crippen LogP contribution in [-0.4, -0.2) is 35.5 Å². The highest BCUT2D eigenvalue weighted by atomic mass is 19.1. The number of rotatable bonds is 11. The van der Waals surface area contributed by atoms with Crippen molar-refractivity contribution in [2.24, 2.45) is 5.92 Å². The average Bonchev–Trinajstić information content (AvgIpc) is 3.31. The number of carbonyl (C=O) groups excluding carboxylic acids is 3. The van der Waals surface area contributed by atoms with Crippen LogP contribution in [-0.2, 0) is 16.1 Å². The van der Waals surface area contributed by atoms with Crippen molar-refractivity contribution in [1.29, 1.82) is 0 Å². The molecule has 0 saturated heterocycles. The van der Waals surface area contributed by atoms with E-state index < -0.39 is 6.09 Å². The van der Waals surface area contributed by atoms with Crippen LogP contribution in [0.3, 0.4) is 0 Å². The van der Waals surface area contributed by atoms with Crippen LogP contribution in [0.4, 0.5) is 14.9 Å². The summed E-state index contributed by atoms with van der Waals surface area (Å²) in [7, 11) is 0. The van der Waals surface area contributed by atoms with E-state index in [0.29, 0.717) is 46.6 Å². The molecule has 0 aliphatic heterocycles. The molecule has 42 heavy (non-hydrogen) atoms. The molecule has 1 unspecified atom stereocenters. The third-order valence-corrected chi connectivity index (χ3v) is 6.94. The highest BCUT2D eigenvalue weighted by Crippen LogP contribution is 2.44. The first-order valence-electron chi connectivity index (χ1n) is 14.3. The topological polar surface area (TPSA) is 89.4 Å². The lowest BCUT2D eigenvalue weighted by molar-refractivity contribution is -0.108. The van der Waals surface area contributed by atoms with Gasteiger partial charge in [0.25, 0.3) is 5.91 Å². The first kappa shape index (κ1) is 30.5. The molecule has 2 N–H and O–H groups in total. The molecular formula is C34H38FN3O4. The van der Waals surface area contributed by atoms with Gasteiger partial charge in [0.15, 0.2) is 0 Å². The van der Waals surface area contributed by atoms with Crippen LogP contribution in [0.1, 0.15) is 62.5 Å². The van der Waals surface area contributed by atoms with Crippen LogP contribution >= 0.6 is 0 Å². The highest BCUT2D eigenvalue weighted by Gasteiger charge is 2.32. The number of aromatic nitrogens is 1. The molecule has 8 heteroatoms. The van der Waals surface area contributed by atoms with Gasteiger partial charge in [0.05, 0.1) is 29.6 Å². The van der Waals surface area contributed by atoms with Gasteiger partial charge in [0.2, 0.25) is 0 Å². The maximum Gasteiger partial charge on any atom is 0.411 e. The van der Waals surface area contributed by atoms with E-state index in [1.807, 2.05) is 68.7 Å². The van der Waals surface area contributed by atoms with E-state index in [1.165, 1.54) is 12.1 Å². The summed E-state index contributed by atoms with van der Waals surface area (Å²) >= 11 is 0. The number of para-hydroxylation sites is 1. The lowest BCUT2D eigenvalue weighted by Gasteiger charge is -2.19. The molecule has 1 aliphatic rings. The quantitative estimate of drug-likeness (QED) is 0.233. The van der Waals surface area contributed by atoms with E-state index >= 15 is 0 Å². The number of allylic oxidation sites excluding steroid dienone is 2. The molecule has 4 rings (SSSR count). The third-order valence-electron chi connectivity index (χ3n) is 6.94. The number of hydrogen-bond acceptors (Lipinski definition) is 4. The van der Waals surface area contributed by atoms with Gasteiger partial charge in [-0.05, 0) is 54.2 Å². The number of benzene rings is 2. The summed E-state index contributed by atoms with van der Waals surface area (Å²) in [6.07, 6.45) is 8.90. The zero-order valence-corrected chi connectivity index (χ0v) is 24.5. The summed E-state index contributed by atoms with van der Waals surface area (Å²) in [5, 5.41) is 6.02. The van der Waals surface area contributed by atoms with Crippen LogP contribution in [0.25, 0.3) is 22.4 Å². The Hall–Kier alpha value is -4.46. The second-order valence-corrected chi connectivity index (χ2v) is 11.0. The number of ether oxygens (including phenoxy) is 1. The first-order valence-corrected chi connectivity index (χ1v) is 14.3. The van der Waals surface area contributed by atoms with E-state index in [4.69, 9.17) is 4.74 Å². The van der Waals surface area contributed by atoms with Gasteiger partial charge in [0, 0.05) is 29.8 Å². The molecule has 2 amide bonds. The standard InChI is InChI=1S/C34H38FN3O4/c1-22(2)21-42-34(41)37-28-14-9-8-13-27(28)29-30(33(40)36-26-11-6-5-7-12-26)31(23(3)4)38(19-10-20-39)32(29)24-15-17-25(35)18-16-24/h5-9,11,13-18,20,22-23,26H,10,12,19,21H2,1-4H3,(H,36,40)(H,37,41). The average molecular weight is 572 g/mol. The molecule has 1 atom stereocenters. The Labute approximate surface area is 246 Å². The molecule has 0 fully saturated rings. The Kier molecular flexibility index (Phi) is 10.1. The fourth-order valence-corrected chi connectivity index (χ4v) is 5.18. The number of anilines is 1. The van der Waals surface area contributed by atoms with Gasteiger partial charge in [-0.2, -0.15) is 0 Å². The maximum absolute atomic E-state index is 14.2. The van der Waals surface area contributed by atoms with Gasteiger partial charge in [0.1, 0.15) is 12.1 Å². The van der Waals surface area contributed by atoms with Crippen molar-refractivity contribution in [3.63, 3.8) is 0 Å². The van der Waals surface area contributed by atoms with Gasteiger partial charge >= 0.3 is 6.09 Å². The smallest absolute Gasteiger partial charge is 0.411 e. The van der Waals surface area contributed by atoms with Crippen LogP contribution in [0.15, 0.2) is 72.8 Å². The molecule has 0 saturated carbocycles. The number of nitrogens with one attached hydrogen (secondary N) is 2. The number of nitrogens with zero attached hydrogens (tertiary/aromatic N) is 1. The Morgan fingerprint density at radius 3 is 2.45 bits per heavy atom. The van der Waals surface area contributed by atoms with Gasteiger partial charge in [-0.3, -0.25) is 10.1 Å². The first-order chi connectivity index (χ1) is 20.2. The summed E-state index contributed by atoms with van der Waals surface area (Å²) in [5.74, 6) is -0.608. The molecule has 0 spiro atoms. The summed E-state index contributed by atoms with van der Waals surface area (Å²) in [4.78, 5) is 38.6. The third kappa shape index (κ3) is 7.05. The largest absolute Gasteiger partial charge is 0.449 e. The number of hydrogen-bond donors (Lipinski definition) is 2. The Balaban J connectivity index is 1.99. The SMILES string of the molecule is CC(C)COC(=O)Nc1ccccc1-c1c(C(=O)NC2C=CC=CC2)c(C(C)C)n(CCC=O)c1-c1ccc(F)cc1. The summed E-state index contributed by atoms with van der Waals surface area (Å²) < 4.78 is 21.5. The zero-order chi connectivity index (χ0) is 30.2. The lowest BCUT2D eigenvalue weighted by atomic mass is 9.93.